The smallest absolute Gasteiger partial charge is 0.228 e. The molecule has 5 rings (SSSR count). The number of carbonyl (C=O) groups is 1. The number of hydrogen-bond donors (Lipinski definition) is 2. The first-order valence-corrected chi connectivity index (χ1v) is 9.99. The van der Waals surface area contributed by atoms with Crippen LogP contribution in [-0.2, 0) is 11.2 Å². The molecule has 30 heavy (non-hydrogen) atoms. The molecule has 0 radical (unpaired) electrons. The molecule has 0 saturated heterocycles. The SMILES string of the molecule is Cc1ccc(CC(=O)Nc2ccccc2-c2cccc3c2[nH]c2ccccc23)cn1. The number of aromatic nitrogens is 2. The number of nitrogens with zero attached hydrogens (tertiary/aromatic N) is 1. The number of aromatic amines is 1. The number of para-hydroxylation sites is 3. The molecule has 2 aromatic heterocycles. The van der Waals surface area contributed by atoms with Gasteiger partial charge in [0.25, 0.3) is 0 Å². The number of fused-ring (bicyclic) bond motifs is 3. The van der Waals surface area contributed by atoms with E-state index < -0.39 is 0 Å². The van der Waals surface area contributed by atoms with Gasteiger partial charge in [0.05, 0.1) is 11.9 Å². The summed E-state index contributed by atoms with van der Waals surface area (Å²) in [5.41, 5.74) is 6.87. The third-order valence-electron chi connectivity index (χ3n) is 5.37. The highest BCUT2D eigenvalue weighted by molar-refractivity contribution is 6.13. The number of H-pyrrole nitrogens is 1. The zero-order valence-electron chi connectivity index (χ0n) is 16.6. The molecule has 0 saturated carbocycles. The van der Waals surface area contributed by atoms with Crippen molar-refractivity contribution in [3.05, 3.63) is 96.3 Å². The van der Waals surface area contributed by atoms with Crippen molar-refractivity contribution in [3.63, 3.8) is 0 Å². The summed E-state index contributed by atoms with van der Waals surface area (Å²) in [5, 5.41) is 5.46. The normalized spacial score (nSPS) is 11.1. The maximum atomic E-state index is 12.7. The van der Waals surface area contributed by atoms with E-state index in [-0.39, 0.29) is 12.3 Å². The molecule has 146 valence electrons. The van der Waals surface area contributed by atoms with E-state index in [0.717, 1.165) is 39.1 Å². The van der Waals surface area contributed by atoms with Gasteiger partial charge in [0, 0.05) is 45.0 Å². The number of aryl methyl sites for hydroxylation is 1. The average molecular weight is 391 g/mol. The fourth-order valence-electron chi connectivity index (χ4n) is 3.91. The second-order valence-electron chi connectivity index (χ2n) is 7.48. The lowest BCUT2D eigenvalue weighted by Gasteiger charge is -2.12. The van der Waals surface area contributed by atoms with Crippen LogP contribution < -0.4 is 5.32 Å². The third kappa shape index (κ3) is 3.33. The summed E-state index contributed by atoms with van der Waals surface area (Å²) in [6.07, 6.45) is 2.05. The van der Waals surface area contributed by atoms with Crippen LogP contribution in [0, 0.1) is 6.92 Å². The average Bonchev–Trinajstić information content (AvgIpc) is 3.15. The van der Waals surface area contributed by atoms with Crippen molar-refractivity contribution >= 4 is 33.4 Å². The van der Waals surface area contributed by atoms with Gasteiger partial charge in [-0.25, -0.2) is 0 Å². The van der Waals surface area contributed by atoms with Crippen LogP contribution in [0.2, 0.25) is 0 Å². The molecule has 0 atom stereocenters. The van der Waals surface area contributed by atoms with Gasteiger partial charge in [0.2, 0.25) is 5.91 Å². The Labute approximate surface area is 174 Å². The van der Waals surface area contributed by atoms with Crippen LogP contribution in [0.3, 0.4) is 0 Å². The van der Waals surface area contributed by atoms with Gasteiger partial charge in [-0.2, -0.15) is 0 Å². The van der Waals surface area contributed by atoms with Crippen LogP contribution in [0.1, 0.15) is 11.3 Å². The summed E-state index contributed by atoms with van der Waals surface area (Å²) in [6.45, 7) is 1.94. The van der Waals surface area contributed by atoms with E-state index in [9.17, 15) is 4.79 Å². The van der Waals surface area contributed by atoms with Gasteiger partial charge >= 0.3 is 0 Å². The molecular formula is C26H21N3O. The second-order valence-corrected chi connectivity index (χ2v) is 7.48. The monoisotopic (exact) mass is 391 g/mol. The molecule has 4 nitrogen and oxygen atoms in total. The van der Waals surface area contributed by atoms with Gasteiger partial charge in [-0.15, -0.1) is 0 Å². The van der Waals surface area contributed by atoms with Crippen molar-refractivity contribution in [3.8, 4) is 11.1 Å². The molecule has 0 aliphatic carbocycles. The molecule has 4 heteroatoms. The lowest BCUT2D eigenvalue weighted by Crippen LogP contribution is -2.15. The largest absolute Gasteiger partial charge is 0.354 e. The lowest BCUT2D eigenvalue weighted by atomic mass is 10.00. The minimum absolute atomic E-state index is 0.0584. The third-order valence-corrected chi connectivity index (χ3v) is 5.37. The molecule has 1 amide bonds. The Morgan fingerprint density at radius 1 is 0.867 bits per heavy atom. The molecule has 0 unspecified atom stereocenters. The van der Waals surface area contributed by atoms with Gasteiger partial charge in [-0.3, -0.25) is 9.78 Å². The summed E-state index contributed by atoms with van der Waals surface area (Å²) in [5.74, 6) is -0.0584. The Hall–Kier alpha value is -3.92. The first kappa shape index (κ1) is 18.1. The Morgan fingerprint density at radius 2 is 1.63 bits per heavy atom. The van der Waals surface area contributed by atoms with Gasteiger partial charge in [0.15, 0.2) is 0 Å². The Balaban J connectivity index is 1.52. The van der Waals surface area contributed by atoms with Crippen LogP contribution in [0.4, 0.5) is 5.69 Å². The lowest BCUT2D eigenvalue weighted by molar-refractivity contribution is -0.115. The Morgan fingerprint density at radius 3 is 2.50 bits per heavy atom. The van der Waals surface area contributed by atoms with Crippen LogP contribution >= 0.6 is 0 Å². The highest BCUT2D eigenvalue weighted by Gasteiger charge is 2.14. The fraction of sp³-hybridized carbons (Fsp3) is 0.0769. The van der Waals surface area contributed by atoms with E-state index in [2.05, 4.69) is 51.7 Å². The number of benzene rings is 3. The first-order valence-electron chi connectivity index (χ1n) is 9.99. The molecule has 0 aliphatic heterocycles. The second kappa shape index (κ2) is 7.48. The molecular weight excluding hydrogens is 370 g/mol. The Kier molecular flexibility index (Phi) is 4.52. The molecule has 5 aromatic rings. The van der Waals surface area contributed by atoms with Gasteiger partial charge < -0.3 is 10.3 Å². The van der Waals surface area contributed by atoms with Crippen molar-refractivity contribution in [1.29, 1.82) is 0 Å². The molecule has 2 heterocycles. The molecule has 2 N–H and O–H groups in total. The van der Waals surface area contributed by atoms with Crippen LogP contribution in [-0.4, -0.2) is 15.9 Å². The number of rotatable bonds is 4. The topological polar surface area (TPSA) is 57.8 Å². The van der Waals surface area contributed by atoms with E-state index in [0.29, 0.717) is 0 Å². The number of pyridine rings is 1. The molecule has 0 fully saturated rings. The first-order chi connectivity index (χ1) is 14.7. The van der Waals surface area contributed by atoms with E-state index >= 15 is 0 Å². The van der Waals surface area contributed by atoms with Crippen molar-refractivity contribution in [2.24, 2.45) is 0 Å². The summed E-state index contributed by atoms with van der Waals surface area (Å²) < 4.78 is 0. The summed E-state index contributed by atoms with van der Waals surface area (Å²) in [6, 6.07) is 26.4. The minimum atomic E-state index is -0.0584. The van der Waals surface area contributed by atoms with Crippen molar-refractivity contribution in [2.75, 3.05) is 5.32 Å². The number of amides is 1. The van der Waals surface area contributed by atoms with Gasteiger partial charge in [0.1, 0.15) is 0 Å². The zero-order chi connectivity index (χ0) is 20.5. The quantitative estimate of drug-likeness (QED) is 0.402. The van der Waals surface area contributed by atoms with E-state index in [1.807, 2.05) is 49.4 Å². The predicted molar refractivity (Wildman–Crippen MR) is 123 cm³/mol. The molecule has 0 spiro atoms. The van der Waals surface area contributed by atoms with Crippen LogP contribution in [0.25, 0.3) is 32.9 Å². The zero-order valence-corrected chi connectivity index (χ0v) is 16.6. The van der Waals surface area contributed by atoms with Crippen molar-refractivity contribution < 1.29 is 4.79 Å². The van der Waals surface area contributed by atoms with Crippen LogP contribution in [0.15, 0.2) is 85.1 Å². The standard InChI is InChI=1S/C26H21N3O/c1-17-13-14-18(16-27-17)15-25(30)28-23-11-4-2-7-19(23)21-9-6-10-22-20-8-3-5-12-24(20)29-26(21)22/h2-14,16,29H,15H2,1H3,(H,28,30). The highest BCUT2D eigenvalue weighted by atomic mass is 16.1. The van der Waals surface area contributed by atoms with E-state index in [4.69, 9.17) is 0 Å². The molecule has 3 aromatic carbocycles. The van der Waals surface area contributed by atoms with Crippen molar-refractivity contribution in [2.45, 2.75) is 13.3 Å². The molecule has 0 bridgehead atoms. The maximum absolute atomic E-state index is 12.7. The maximum Gasteiger partial charge on any atom is 0.228 e. The molecule has 0 aliphatic rings. The number of anilines is 1. The Bertz CT molecular complexity index is 1370. The van der Waals surface area contributed by atoms with Crippen LogP contribution in [0.5, 0.6) is 0 Å². The minimum Gasteiger partial charge on any atom is -0.354 e. The number of nitrogens with one attached hydrogen (secondary N) is 2. The fourth-order valence-corrected chi connectivity index (χ4v) is 3.91. The summed E-state index contributed by atoms with van der Waals surface area (Å²) in [4.78, 5) is 20.5. The van der Waals surface area contributed by atoms with Gasteiger partial charge in [-0.05, 0) is 30.7 Å². The highest BCUT2D eigenvalue weighted by Crippen LogP contribution is 2.36. The summed E-state index contributed by atoms with van der Waals surface area (Å²) in [7, 11) is 0. The predicted octanol–water partition coefficient (Wildman–Crippen LogP) is 5.87. The number of carbonyl (C=O) groups excluding carboxylic acids is 1. The van der Waals surface area contributed by atoms with E-state index in [1.165, 1.54) is 10.8 Å². The van der Waals surface area contributed by atoms with E-state index in [1.54, 1.807) is 6.20 Å². The summed E-state index contributed by atoms with van der Waals surface area (Å²) >= 11 is 0. The number of hydrogen-bond acceptors (Lipinski definition) is 2. The van der Waals surface area contributed by atoms with Crippen molar-refractivity contribution in [1.82, 2.24) is 9.97 Å². The van der Waals surface area contributed by atoms with Gasteiger partial charge in [-0.1, -0.05) is 60.7 Å².